The molecule has 0 radical (unpaired) electrons. The summed E-state index contributed by atoms with van der Waals surface area (Å²) < 4.78 is 32.9. The van der Waals surface area contributed by atoms with Gasteiger partial charge < -0.3 is 15.4 Å². The van der Waals surface area contributed by atoms with Crippen molar-refractivity contribution in [1.82, 2.24) is 15.5 Å². The molecule has 0 bridgehead atoms. The Morgan fingerprint density at radius 1 is 1.17 bits per heavy atom. The van der Waals surface area contributed by atoms with Gasteiger partial charge in [0.05, 0.1) is 30.9 Å². The van der Waals surface area contributed by atoms with E-state index in [-0.39, 0.29) is 24.0 Å². The first kappa shape index (κ1) is 21.7. The zero-order chi connectivity index (χ0) is 21.3. The van der Waals surface area contributed by atoms with E-state index in [1.165, 1.54) is 18.2 Å². The van der Waals surface area contributed by atoms with Crippen molar-refractivity contribution in [3.05, 3.63) is 70.8 Å². The van der Waals surface area contributed by atoms with E-state index < -0.39 is 5.82 Å². The fourth-order valence-electron chi connectivity index (χ4n) is 3.38. The normalized spacial score (nSPS) is 16.0. The first-order valence-electron chi connectivity index (χ1n) is 9.81. The molecule has 2 aromatic carbocycles. The maximum atomic E-state index is 14.1. The van der Waals surface area contributed by atoms with Crippen LogP contribution in [0.5, 0.6) is 0 Å². The minimum atomic E-state index is -0.436. The highest BCUT2D eigenvalue weighted by molar-refractivity contribution is 5.79. The van der Waals surface area contributed by atoms with E-state index in [2.05, 4.69) is 20.5 Å². The Bertz CT molecular complexity index is 905. The van der Waals surface area contributed by atoms with Gasteiger partial charge in [-0.1, -0.05) is 18.2 Å². The predicted molar refractivity (Wildman–Crippen MR) is 111 cm³/mol. The van der Waals surface area contributed by atoms with Crippen molar-refractivity contribution in [2.75, 3.05) is 39.9 Å². The molecule has 1 unspecified atom stereocenters. The van der Waals surface area contributed by atoms with E-state index >= 15 is 0 Å². The number of ether oxygens (including phenoxy) is 1. The van der Waals surface area contributed by atoms with E-state index in [4.69, 9.17) is 10.00 Å². The number of nitriles is 1. The lowest BCUT2D eigenvalue weighted by atomic mass is 10.0. The molecule has 1 heterocycles. The Balaban J connectivity index is 1.64. The Morgan fingerprint density at radius 3 is 2.53 bits per heavy atom. The first-order valence-corrected chi connectivity index (χ1v) is 9.81. The van der Waals surface area contributed by atoms with Gasteiger partial charge in [0.1, 0.15) is 11.6 Å². The molecule has 1 saturated heterocycles. The van der Waals surface area contributed by atoms with Crippen LogP contribution >= 0.6 is 0 Å². The fourth-order valence-corrected chi connectivity index (χ4v) is 3.38. The van der Waals surface area contributed by atoms with Crippen LogP contribution in [0.4, 0.5) is 8.78 Å². The molecule has 0 aromatic heterocycles. The summed E-state index contributed by atoms with van der Waals surface area (Å²) in [7, 11) is 1.64. The van der Waals surface area contributed by atoms with Gasteiger partial charge in [0, 0.05) is 38.8 Å². The van der Waals surface area contributed by atoms with Crippen LogP contribution in [0.15, 0.2) is 47.5 Å². The third-order valence-electron chi connectivity index (χ3n) is 5.06. The van der Waals surface area contributed by atoms with Gasteiger partial charge in [-0.2, -0.15) is 5.26 Å². The van der Waals surface area contributed by atoms with Gasteiger partial charge in [0.15, 0.2) is 5.96 Å². The molecule has 0 amide bonds. The molecule has 2 N–H and O–H groups in total. The standard InChI is InChI=1S/C22H25F2N5O/c1-26-22(27-14-18-3-2-16(13-25)12-20(18)24)28-15-21(29-8-10-30-11-9-29)17-4-6-19(23)7-5-17/h2-7,12,21H,8-11,14-15H2,1H3,(H2,26,27,28). The zero-order valence-electron chi connectivity index (χ0n) is 16.9. The van der Waals surface area contributed by atoms with Gasteiger partial charge in [-0.05, 0) is 29.8 Å². The van der Waals surface area contributed by atoms with Crippen LogP contribution in [0.25, 0.3) is 0 Å². The van der Waals surface area contributed by atoms with Crippen molar-refractivity contribution < 1.29 is 13.5 Å². The molecular weight excluding hydrogens is 388 g/mol. The number of nitrogens with one attached hydrogen (secondary N) is 2. The van der Waals surface area contributed by atoms with Crippen LogP contribution in [0.1, 0.15) is 22.7 Å². The monoisotopic (exact) mass is 413 g/mol. The fraction of sp³-hybridized carbons (Fsp3) is 0.364. The van der Waals surface area contributed by atoms with Crippen molar-refractivity contribution in [2.45, 2.75) is 12.6 Å². The predicted octanol–water partition coefficient (Wildman–Crippen LogP) is 2.57. The summed E-state index contributed by atoms with van der Waals surface area (Å²) in [4.78, 5) is 6.50. The summed E-state index contributed by atoms with van der Waals surface area (Å²) in [5.41, 5.74) is 1.73. The average molecular weight is 413 g/mol. The Morgan fingerprint density at radius 2 is 1.90 bits per heavy atom. The van der Waals surface area contributed by atoms with Crippen LogP contribution in [-0.4, -0.2) is 50.8 Å². The Labute approximate surface area is 175 Å². The molecule has 30 heavy (non-hydrogen) atoms. The average Bonchev–Trinajstić information content (AvgIpc) is 2.78. The number of aliphatic imine (C=N–C) groups is 1. The number of nitrogens with zero attached hydrogens (tertiary/aromatic N) is 3. The molecule has 1 aliphatic heterocycles. The summed E-state index contributed by atoms with van der Waals surface area (Å²) in [5, 5.41) is 15.2. The van der Waals surface area contributed by atoms with Crippen LogP contribution in [0, 0.1) is 23.0 Å². The number of halogens is 2. The summed E-state index contributed by atoms with van der Waals surface area (Å²) >= 11 is 0. The molecule has 2 aromatic rings. The van der Waals surface area contributed by atoms with E-state index in [1.807, 2.05) is 6.07 Å². The summed E-state index contributed by atoms with van der Waals surface area (Å²) in [5.74, 6) is -0.178. The van der Waals surface area contributed by atoms with E-state index in [0.29, 0.717) is 31.3 Å². The van der Waals surface area contributed by atoms with E-state index in [1.54, 1.807) is 31.3 Å². The van der Waals surface area contributed by atoms with Crippen molar-refractivity contribution >= 4 is 5.96 Å². The van der Waals surface area contributed by atoms with Crippen molar-refractivity contribution in [3.63, 3.8) is 0 Å². The smallest absolute Gasteiger partial charge is 0.191 e. The summed E-state index contributed by atoms with van der Waals surface area (Å²) in [6.07, 6.45) is 0. The first-order chi connectivity index (χ1) is 14.6. The minimum Gasteiger partial charge on any atom is -0.379 e. The second-order valence-corrected chi connectivity index (χ2v) is 6.94. The SMILES string of the molecule is CN=C(NCc1ccc(C#N)cc1F)NCC(c1ccc(F)cc1)N1CCOCC1. The third-order valence-corrected chi connectivity index (χ3v) is 5.06. The molecule has 3 rings (SSSR count). The zero-order valence-corrected chi connectivity index (χ0v) is 16.9. The van der Waals surface area contributed by atoms with E-state index in [9.17, 15) is 8.78 Å². The molecule has 0 aliphatic carbocycles. The molecule has 158 valence electrons. The van der Waals surface area contributed by atoms with Crippen LogP contribution in [-0.2, 0) is 11.3 Å². The molecule has 0 spiro atoms. The summed E-state index contributed by atoms with van der Waals surface area (Å²) in [6.45, 7) is 3.65. The molecule has 0 saturated carbocycles. The molecular formula is C22H25F2N5O. The van der Waals surface area contributed by atoms with Gasteiger partial charge >= 0.3 is 0 Å². The number of benzene rings is 2. The van der Waals surface area contributed by atoms with Crippen LogP contribution in [0.3, 0.4) is 0 Å². The molecule has 1 atom stereocenters. The van der Waals surface area contributed by atoms with Gasteiger partial charge in [0.2, 0.25) is 0 Å². The molecule has 6 nitrogen and oxygen atoms in total. The number of morpholine rings is 1. The topological polar surface area (TPSA) is 72.7 Å². The largest absolute Gasteiger partial charge is 0.379 e. The number of hydrogen-bond acceptors (Lipinski definition) is 4. The number of rotatable bonds is 6. The van der Waals surface area contributed by atoms with Crippen LogP contribution in [0.2, 0.25) is 0 Å². The second kappa shape index (κ2) is 10.7. The van der Waals surface area contributed by atoms with Gasteiger partial charge in [0.25, 0.3) is 0 Å². The Kier molecular flexibility index (Phi) is 7.71. The lowest BCUT2D eigenvalue weighted by Gasteiger charge is -2.35. The molecule has 1 fully saturated rings. The lowest BCUT2D eigenvalue weighted by molar-refractivity contribution is 0.0170. The summed E-state index contributed by atoms with van der Waals surface area (Å²) in [6, 6.07) is 12.8. The minimum absolute atomic E-state index is 0.0136. The highest BCUT2D eigenvalue weighted by Crippen LogP contribution is 2.21. The maximum absolute atomic E-state index is 14.1. The quantitative estimate of drug-likeness (QED) is 0.563. The molecule has 1 aliphatic rings. The third kappa shape index (κ3) is 5.75. The van der Waals surface area contributed by atoms with Gasteiger partial charge in [-0.25, -0.2) is 8.78 Å². The lowest BCUT2D eigenvalue weighted by Crippen LogP contribution is -2.46. The van der Waals surface area contributed by atoms with Crippen molar-refractivity contribution in [1.29, 1.82) is 5.26 Å². The van der Waals surface area contributed by atoms with Crippen molar-refractivity contribution in [2.24, 2.45) is 4.99 Å². The van der Waals surface area contributed by atoms with Gasteiger partial charge in [-0.15, -0.1) is 0 Å². The number of hydrogen-bond donors (Lipinski definition) is 2. The highest BCUT2D eigenvalue weighted by Gasteiger charge is 2.23. The van der Waals surface area contributed by atoms with Crippen LogP contribution < -0.4 is 10.6 Å². The molecule has 8 heteroatoms. The number of guanidine groups is 1. The maximum Gasteiger partial charge on any atom is 0.191 e. The Hall–Kier alpha value is -3.02. The van der Waals surface area contributed by atoms with Crippen molar-refractivity contribution in [3.8, 4) is 6.07 Å². The van der Waals surface area contributed by atoms with E-state index in [0.717, 1.165) is 18.7 Å². The highest BCUT2D eigenvalue weighted by atomic mass is 19.1. The second-order valence-electron chi connectivity index (χ2n) is 6.94. The van der Waals surface area contributed by atoms with Gasteiger partial charge in [-0.3, -0.25) is 9.89 Å².